The number of nitrogens with zero attached hydrogens (tertiary/aromatic N) is 2. The van der Waals surface area contributed by atoms with Crippen molar-refractivity contribution in [2.45, 2.75) is 38.1 Å². The summed E-state index contributed by atoms with van der Waals surface area (Å²) >= 11 is 0. The SMILES string of the molecule is CN(Cc1ccco1)[C@H]1CN(Cc2ccco2)C[C@@H]2CCCO[C@H]21. The Morgan fingerprint density at radius 3 is 2.67 bits per heavy atom. The van der Waals surface area contributed by atoms with E-state index in [1.807, 2.05) is 18.2 Å². The number of fused-ring (bicyclic) bond motifs is 1. The summed E-state index contributed by atoms with van der Waals surface area (Å²) < 4.78 is 17.3. The number of ether oxygens (including phenoxy) is 1. The summed E-state index contributed by atoms with van der Waals surface area (Å²) in [6.45, 7) is 4.68. The van der Waals surface area contributed by atoms with E-state index in [9.17, 15) is 0 Å². The first-order valence-corrected chi connectivity index (χ1v) is 8.88. The highest BCUT2D eigenvalue weighted by molar-refractivity contribution is 5.03. The third kappa shape index (κ3) is 3.43. The van der Waals surface area contributed by atoms with Crippen molar-refractivity contribution in [1.29, 1.82) is 0 Å². The zero-order valence-electron chi connectivity index (χ0n) is 14.3. The molecule has 3 atom stereocenters. The highest BCUT2D eigenvalue weighted by Gasteiger charge is 2.41. The van der Waals surface area contributed by atoms with Gasteiger partial charge in [0.1, 0.15) is 11.5 Å². The van der Waals surface area contributed by atoms with Gasteiger partial charge in [0, 0.05) is 25.7 Å². The molecule has 0 radical (unpaired) electrons. The molecule has 0 aliphatic carbocycles. The van der Waals surface area contributed by atoms with Crippen molar-refractivity contribution in [2.24, 2.45) is 5.92 Å². The van der Waals surface area contributed by atoms with Gasteiger partial charge in [-0.1, -0.05) is 0 Å². The molecule has 5 heteroatoms. The van der Waals surface area contributed by atoms with Gasteiger partial charge in [0.2, 0.25) is 0 Å². The molecule has 0 spiro atoms. The van der Waals surface area contributed by atoms with Crippen LogP contribution in [0.3, 0.4) is 0 Å². The first-order chi connectivity index (χ1) is 11.8. The molecule has 4 heterocycles. The average Bonchev–Trinajstić information content (AvgIpc) is 3.28. The lowest BCUT2D eigenvalue weighted by Crippen LogP contribution is -2.59. The Labute approximate surface area is 143 Å². The van der Waals surface area contributed by atoms with Gasteiger partial charge in [-0.2, -0.15) is 0 Å². The highest BCUT2D eigenvalue weighted by atomic mass is 16.5. The van der Waals surface area contributed by atoms with E-state index in [0.29, 0.717) is 18.1 Å². The fraction of sp³-hybridized carbons (Fsp3) is 0.579. The van der Waals surface area contributed by atoms with Gasteiger partial charge in [-0.3, -0.25) is 9.80 Å². The van der Waals surface area contributed by atoms with Gasteiger partial charge in [-0.05, 0) is 50.1 Å². The van der Waals surface area contributed by atoms with Crippen molar-refractivity contribution in [3.63, 3.8) is 0 Å². The molecule has 0 N–H and O–H groups in total. The van der Waals surface area contributed by atoms with Gasteiger partial charge >= 0.3 is 0 Å². The van der Waals surface area contributed by atoms with E-state index >= 15 is 0 Å². The Balaban J connectivity index is 1.48. The molecule has 2 aromatic heterocycles. The Morgan fingerprint density at radius 1 is 1.12 bits per heavy atom. The average molecular weight is 330 g/mol. The maximum atomic E-state index is 6.20. The molecule has 2 fully saturated rings. The molecule has 0 bridgehead atoms. The predicted octanol–water partition coefficient (Wildman–Crippen LogP) is 2.98. The minimum Gasteiger partial charge on any atom is -0.468 e. The van der Waals surface area contributed by atoms with Crippen molar-refractivity contribution in [3.8, 4) is 0 Å². The fourth-order valence-electron chi connectivity index (χ4n) is 4.17. The van der Waals surface area contributed by atoms with Crippen LogP contribution in [0.2, 0.25) is 0 Å². The third-order valence-corrected chi connectivity index (χ3v) is 5.32. The molecule has 0 saturated carbocycles. The third-order valence-electron chi connectivity index (χ3n) is 5.32. The zero-order valence-corrected chi connectivity index (χ0v) is 14.3. The molecule has 2 aromatic rings. The molecule has 24 heavy (non-hydrogen) atoms. The van der Waals surface area contributed by atoms with Gasteiger partial charge in [-0.15, -0.1) is 0 Å². The Bertz CT molecular complexity index is 576. The van der Waals surface area contributed by atoms with E-state index in [0.717, 1.165) is 44.3 Å². The van der Waals surface area contributed by atoms with Gasteiger partial charge < -0.3 is 13.6 Å². The minimum atomic E-state index is 0.326. The topological polar surface area (TPSA) is 42.0 Å². The summed E-state index contributed by atoms with van der Waals surface area (Å²) in [6, 6.07) is 8.40. The van der Waals surface area contributed by atoms with Crippen LogP contribution >= 0.6 is 0 Å². The quantitative estimate of drug-likeness (QED) is 0.843. The number of hydrogen-bond acceptors (Lipinski definition) is 5. The molecule has 2 aliphatic rings. The van der Waals surface area contributed by atoms with Crippen molar-refractivity contribution in [2.75, 3.05) is 26.7 Å². The molecule has 0 unspecified atom stereocenters. The predicted molar refractivity (Wildman–Crippen MR) is 90.4 cm³/mol. The smallest absolute Gasteiger partial charge is 0.117 e. The number of likely N-dealkylation sites (N-methyl/N-ethyl adjacent to an activating group) is 1. The van der Waals surface area contributed by atoms with E-state index in [-0.39, 0.29) is 0 Å². The van der Waals surface area contributed by atoms with Crippen LogP contribution in [0.4, 0.5) is 0 Å². The number of hydrogen-bond donors (Lipinski definition) is 0. The molecule has 4 rings (SSSR count). The van der Waals surface area contributed by atoms with Crippen LogP contribution in [-0.4, -0.2) is 48.7 Å². The Kier molecular flexibility index (Phi) is 4.74. The van der Waals surface area contributed by atoms with Crippen LogP contribution in [0.1, 0.15) is 24.4 Å². The zero-order chi connectivity index (χ0) is 16.4. The summed E-state index contributed by atoms with van der Waals surface area (Å²) in [7, 11) is 2.18. The van der Waals surface area contributed by atoms with Crippen LogP contribution in [0.15, 0.2) is 45.6 Å². The second-order valence-electron chi connectivity index (χ2n) is 7.07. The largest absolute Gasteiger partial charge is 0.468 e. The summed E-state index contributed by atoms with van der Waals surface area (Å²) in [5.74, 6) is 2.65. The Morgan fingerprint density at radius 2 is 1.92 bits per heavy atom. The number of piperidine rings is 1. The lowest BCUT2D eigenvalue weighted by molar-refractivity contribution is -0.114. The summed E-state index contributed by atoms with van der Waals surface area (Å²) in [6.07, 6.45) is 6.25. The van der Waals surface area contributed by atoms with Crippen LogP contribution in [0.5, 0.6) is 0 Å². The maximum Gasteiger partial charge on any atom is 0.117 e. The van der Waals surface area contributed by atoms with Gasteiger partial charge in [0.25, 0.3) is 0 Å². The number of furan rings is 2. The van der Waals surface area contributed by atoms with Crippen molar-refractivity contribution in [3.05, 3.63) is 48.3 Å². The molecule has 2 saturated heterocycles. The molecule has 0 aromatic carbocycles. The molecule has 0 amide bonds. The molecule has 2 aliphatic heterocycles. The first kappa shape index (κ1) is 15.9. The second-order valence-corrected chi connectivity index (χ2v) is 7.07. The molecular formula is C19H26N2O3. The number of rotatable bonds is 5. The minimum absolute atomic E-state index is 0.326. The lowest BCUT2D eigenvalue weighted by atomic mass is 9.84. The van der Waals surface area contributed by atoms with E-state index in [2.05, 4.69) is 22.9 Å². The summed E-state index contributed by atoms with van der Waals surface area (Å²) in [4.78, 5) is 4.90. The van der Waals surface area contributed by atoms with Crippen molar-refractivity contribution in [1.82, 2.24) is 9.80 Å². The van der Waals surface area contributed by atoms with E-state index < -0.39 is 0 Å². The van der Waals surface area contributed by atoms with Crippen LogP contribution in [-0.2, 0) is 17.8 Å². The van der Waals surface area contributed by atoms with E-state index in [1.54, 1.807) is 12.5 Å². The maximum absolute atomic E-state index is 6.20. The van der Waals surface area contributed by atoms with Crippen LogP contribution < -0.4 is 0 Å². The van der Waals surface area contributed by atoms with Gasteiger partial charge in [0.15, 0.2) is 0 Å². The monoisotopic (exact) mass is 330 g/mol. The van der Waals surface area contributed by atoms with Gasteiger partial charge in [0.05, 0.1) is 31.7 Å². The van der Waals surface area contributed by atoms with E-state index in [1.165, 1.54) is 12.8 Å². The molecule has 5 nitrogen and oxygen atoms in total. The second kappa shape index (κ2) is 7.13. The highest BCUT2D eigenvalue weighted by Crippen LogP contribution is 2.32. The van der Waals surface area contributed by atoms with Crippen molar-refractivity contribution >= 4 is 0 Å². The number of likely N-dealkylation sites (tertiary alicyclic amines) is 1. The normalized spacial score (nSPS) is 28.2. The van der Waals surface area contributed by atoms with E-state index in [4.69, 9.17) is 13.6 Å². The standard InChI is InChI=1S/C19H26N2O3/c1-20(12-16-6-3-8-22-16)18-14-21(13-17-7-4-9-23-17)11-15-5-2-10-24-19(15)18/h3-4,6-9,15,18-19H,2,5,10-14H2,1H3/t15-,18-,19+/m0/s1. The summed E-state index contributed by atoms with van der Waals surface area (Å²) in [5, 5.41) is 0. The van der Waals surface area contributed by atoms with Gasteiger partial charge in [-0.25, -0.2) is 0 Å². The fourth-order valence-corrected chi connectivity index (χ4v) is 4.17. The molecular weight excluding hydrogens is 304 g/mol. The Hall–Kier alpha value is -1.56. The molecule has 130 valence electrons. The summed E-state index contributed by atoms with van der Waals surface area (Å²) in [5.41, 5.74) is 0. The lowest BCUT2D eigenvalue weighted by Gasteiger charge is -2.48. The van der Waals surface area contributed by atoms with Crippen LogP contribution in [0.25, 0.3) is 0 Å². The van der Waals surface area contributed by atoms with Crippen molar-refractivity contribution < 1.29 is 13.6 Å². The van der Waals surface area contributed by atoms with Crippen LogP contribution in [0, 0.1) is 5.92 Å². The first-order valence-electron chi connectivity index (χ1n) is 8.88.